The molecule has 1 saturated heterocycles. The summed E-state index contributed by atoms with van der Waals surface area (Å²) in [6.45, 7) is 1.18. The number of anilines is 1. The van der Waals surface area contributed by atoms with Crippen molar-refractivity contribution in [2.24, 2.45) is 11.5 Å². The molecule has 0 spiro atoms. The highest BCUT2D eigenvalue weighted by Crippen LogP contribution is 2.38. The van der Waals surface area contributed by atoms with Crippen LogP contribution in [0.2, 0.25) is 10.0 Å². The van der Waals surface area contributed by atoms with E-state index in [1.165, 1.54) is 0 Å². The summed E-state index contributed by atoms with van der Waals surface area (Å²) in [5, 5.41) is 8.32. The Bertz CT molecular complexity index is 1430. The molecule has 5 N–H and O–H groups in total. The van der Waals surface area contributed by atoms with Crippen LogP contribution in [0.3, 0.4) is 0 Å². The SMILES string of the molecule is COc1cccc(C2(N)CCN(c3nc(C(N)=O)c4c(-c5cccc(Cl)c5Cl)[nH]nc4n3)CC2)c1. The zero-order valence-corrected chi connectivity index (χ0v) is 20.4. The number of hydrogen-bond donors (Lipinski definition) is 3. The summed E-state index contributed by atoms with van der Waals surface area (Å²) in [4.78, 5) is 23.5. The number of carbonyl (C=O) groups is 1. The van der Waals surface area contributed by atoms with E-state index in [4.69, 9.17) is 39.4 Å². The number of aromatic amines is 1. The van der Waals surface area contributed by atoms with Crippen LogP contribution in [0.1, 0.15) is 28.9 Å². The molecule has 35 heavy (non-hydrogen) atoms. The maximum atomic E-state index is 12.4. The Morgan fingerprint density at radius 1 is 1.14 bits per heavy atom. The van der Waals surface area contributed by atoms with Gasteiger partial charge in [0.05, 0.1) is 28.2 Å². The number of hydrogen-bond acceptors (Lipinski definition) is 7. The van der Waals surface area contributed by atoms with E-state index < -0.39 is 11.4 Å². The van der Waals surface area contributed by atoms with E-state index in [0.29, 0.717) is 64.2 Å². The summed E-state index contributed by atoms with van der Waals surface area (Å²) >= 11 is 12.6. The molecular weight excluding hydrogens is 489 g/mol. The molecule has 9 nitrogen and oxygen atoms in total. The van der Waals surface area contributed by atoms with Gasteiger partial charge in [-0.05, 0) is 36.6 Å². The van der Waals surface area contributed by atoms with Gasteiger partial charge < -0.3 is 21.1 Å². The molecule has 0 aliphatic carbocycles. The number of carbonyl (C=O) groups excluding carboxylic acids is 1. The molecule has 0 saturated carbocycles. The first-order valence-corrected chi connectivity index (χ1v) is 11.7. The molecule has 3 heterocycles. The lowest BCUT2D eigenvalue weighted by atomic mass is 9.82. The lowest BCUT2D eigenvalue weighted by molar-refractivity contribution is 0.0997. The summed E-state index contributed by atoms with van der Waals surface area (Å²) < 4.78 is 5.35. The van der Waals surface area contributed by atoms with Crippen molar-refractivity contribution in [3.63, 3.8) is 0 Å². The molecule has 0 unspecified atom stereocenters. The van der Waals surface area contributed by atoms with E-state index in [2.05, 4.69) is 20.2 Å². The number of H-pyrrole nitrogens is 1. The number of primary amides is 1. The van der Waals surface area contributed by atoms with Crippen molar-refractivity contribution in [1.82, 2.24) is 20.2 Å². The van der Waals surface area contributed by atoms with Crippen LogP contribution in [0.15, 0.2) is 42.5 Å². The van der Waals surface area contributed by atoms with E-state index in [0.717, 1.165) is 11.3 Å². The quantitative estimate of drug-likeness (QED) is 0.369. The van der Waals surface area contributed by atoms with Crippen LogP contribution in [0.4, 0.5) is 5.95 Å². The zero-order chi connectivity index (χ0) is 24.7. The van der Waals surface area contributed by atoms with Gasteiger partial charge in [0.2, 0.25) is 5.95 Å². The van der Waals surface area contributed by atoms with Crippen molar-refractivity contribution < 1.29 is 9.53 Å². The second-order valence-electron chi connectivity index (χ2n) is 8.51. The first-order chi connectivity index (χ1) is 16.8. The number of nitrogens with two attached hydrogens (primary N) is 2. The zero-order valence-electron chi connectivity index (χ0n) is 18.9. The fraction of sp³-hybridized carbons (Fsp3) is 0.250. The van der Waals surface area contributed by atoms with Crippen LogP contribution in [-0.4, -0.2) is 46.3 Å². The van der Waals surface area contributed by atoms with Gasteiger partial charge in [0.15, 0.2) is 5.65 Å². The van der Waals surface area contributed by atoms with Gasteiger partial charge in [-0.1, -0.05) is 47.5 Å². The number of fused-ring (bicyclic) bond motifs is 1. The Kier molecular flexibility index (Phi) is 6.00. The fourth-order valence-corrected chi connectivity index (χ4v) is 4.85. The van der Waals surface area contributed by atoms with E-state index in [1.54, 1.807) is 25.3 Å². The topological polar surface area (TPSA) is 136 Å². The number of methoxy groups -OCH3 is 1. The average Bonchev–Trinajstić information content (AvgIpc) is 3.29. The molecular formula is C24H23Cl2N7O2. The van der Waals surface area contributed by atoms with Gasteiger partial charge in [0.25, 0.3) is 5.91 Å². The predicted octanol–water partition coefficient (Wildman–Crippen LogP) is 3.89. The molecule has 5 rings (SSSR count). The number of nitrogens with one attached hydrogen (secondary N) is 1. The molecule has 1 fully saturated rings. The third kappa shape index (κ3) is 4.16. The smallest absolute Gasteiger partial charge is 0.268 e. The predicted molar refractivity (Wildman–Crippen MR) is 136 cm³/mol. The molecule has 180 valence electrons. The van der Waals surface area contributed by atoms with Crippen LogP contribution in [0, 0.1) is 0 Å². The van der Waals surface area contributed by atoms with Gasteiger partial charge >= 0.3 is 0 Å². The maximum Gasteiger partial charge on any atom is 0.268 e. The highest BCUT2D eigenvalue weighted by molar-refractivity contribution is 6.43. The summed E-state index contributed by atoms with van der Waals surface area (Å²) in [5.41, 5.74) is 14.4. The Labute approximate surface area is 211 Å². The number of rotatable bonds is 5. The third-order valence-electron chi connectivity index (χ3n) is 6.44. The van der Waals surface area contributed by atoms with Crippen molar-refractivity contribution in [3.05, 3.63) is 63.8 Å². The van der Waals surface area contributed by atoms with Crippen LogP contribution in [0.25, 0.3) is 22.3 Å². The standard InChI is InChI=1S/C24H23Cl2N7O2/c1-35-14-5-2-4-13(12-14)24(28)8-10-33(11-9-24)23-29-20(21(27)34)17-19(31-32-22(17)30-23)15-6-3-7-16(25)18(15)26/h2-7,12H,8-11,28H2,1H3,(H2,27,34)(H,29,30,31,32). The van der Waals surface area contributed by atoms with Gasteiger partial charge in [-0.3, -0.25) is 9.89 Å². The highest BCUT2D eigenvalue weighted by Gasteiger charge is 2.34. The fourth-order valence-electron chi connectivity index (χ4n) is 4.45. The second kappa shape index (κ2) is 8.99. The summed E-state index contributed by atoms with van der Waals surface area (Å²) in [6.07, 6.45) is 1.33. The second-order valence-corrected chi connectivity index (χ2v) is 9.30. The maximum absolute atomic E-state index is 12.4. The lowest BCUT2D eigenvalue weighted by Gasteiger charge is -2.39. The van der Waals surface area contributed by atoms with Crippen LogP contribution < -0.4 is 21.1 Å². The molecule has 0 atom stereocenters. The van der Waals surface area contributed by atoms with Crippen molar-refractivity contribution in [1.29, 1.82) is 0 Å². The van der Waals surface area contributed by atoms with E-state index in [1.807, 2.05) is 29.2 Å². The van der Waals surface area contributed by atoms with Gasteiger partial charge in [-0.25, -0.2) is 4.98 Å². The van der Waals surface area contributed by atoms with E-state index in [-0.39, 0.29) is 5.69 Å². The largest absolute Gasteiger partial charge is 0.497 e. The van der Waals surface area contributed by atoms with Crippen LogP contribution in [-0.2, 0) is 5.54 Å². The monoisotopic (exact) mass is 511 g/mol. The lowest BCUT2D eigenvalue weighted by Crippen LogP contribution is -2.48. The Hall–Kier alpha value is -3.40. The summed E-state index contributed by atoms with van der Waals surface area (Å²) in [5.74, 6) is 0.444. The molecule has 1 aliphatic heterocycles. The summed E-state index contributed by atoms with van der Waals surface area (Å²) in [7, 11) is 1.63. The van der Waals surface area contributed by atoms with Gasteiger partial charge in [0.1, 0.15) is 11.4 Å². The molecule has 2 aromatic heterocycles. The third-order valence-corrected chi connectivity index (χ3v) is 7.26. The number of halogens is 2. The first kappa shape index (κ1) is 23.3. The molecule has 11 heteroatoms. The number of piperidine rings is 1. The number of amides is 1. The Balaban J connectivity index is 1.48. The molecule has 0 bridgehead atoms. The Morgan fingerprint density at radius 3 is 2.60 bits per heavy atom. The molecule has 1 amide bonds. The minimum absolute atomic E-state index is 0.0576. The first-order valence-electron chi connectivity index (χ1n) is 11.0. The number of benzene rings is 2. The van der Waals surface area contributed by atoms with Crippen molar-refractivity contribution in [3.8, 4) is 17.0 Å². The minimum Gasteiger partial charge on any atom is -0.497 e. The Morgan fingerprint density at radius 2 is 1.89 bits per heavy atom. The number of ether oxygens (including phenoxy) is 1. The van der Waals surface area contributed by atoms with Crippen molar-refractivity contribution in [2.45, 2.75) is 18.4 Å². The van der Waals surface area contributed by atoms with Gasteiger partial charge in [-0.2, -0.15) is 10.1 Å². The van der Waals surface area contributed by atoms with Crippen LogP contribution in [0.5, 0.6) is 5.75 Å². The summed E-state index contributed by atoms with van der Waals surface area (Å²) in [6, 6.07) is 13.0. The van der Waals surface area contributed by atoms with Gasteiger partial charge in [0, 0.05) is 24.2 Å². The van der Waals surface area contributed by atoms with Gasteiger partial charge in [-0.15, -0.1) is 0 Å². The molecule has 4 aromatic rings. The number of aromatic nitrogens is 4. The molecule has 1 aliphatic rings. The number of nitrogens with zero attached hydrogens (tertiary/aromatic N) is 4. The van der Waals surface area contributed by atoms with Crippen molar-refractivity contribution in [2.75, 3.05) is 25.1 Å². The van der Waals surface area contributed by atoms with E-state index >= 15 is 0 Å². The molecule has 0 radical (unpaired) electrons. The normalized spacial score (nSPS) is 15.4. The van der Waals surface area contributed by atoms with E-state index in [9.17, 15) is 4.79 Å². The minimum atomic E-state index is -0.694. The highest BCUT2D eigenvalue weighted by atomic mass is 35.5. The van der Waals surface area contributed by atoms with Crippen LogP contribution >= 0.6 is 23.2 Å². The average molecular weight is 512 g/mol. The van der Waals surface area contributed by atoms with Crippen molar-refractivity contribution >= 4 is 46.1 Å². The molecule has 2 aromatic carbocycles.